The van der Waals surface area contributed by atoms with E-state index in [4.69, 9.17) is 0 Å². The molecule has 1 aliphatic rings. The summed E-state index contributed by atoms with van der Waals surface area (Å²) in [7, 11) is -3.39. The second kappa shape index (κ2) is 6.53. The second-order valence-corrected chi connectivity index (χ2v) is 7.27. The fraction of sp³-hybridized carbons (Fsp3) is 0.500. The summed E-state index contributed by atoms with van der Waals surface area (Å²) in [6.07, 6.45) is 2.95. The molecule has 1 aromatic rings. The SMILES string of the molecule is CS(=O)(=O)N(CCNC(=O)C1CC1)Cc1ccc(F)cc1. The van der Waals surface area contributed by atoms with E-state index in [2.05, 4.69) is 5.32 Å². The van der Waals surface area contributed by atoms with Crippen molar-refractivity contribution in [2.75, 3.05) is 19.3 Å². The van der Waals surface area contributed by atoms with Gasteiger partial charge < -0.3 is 5.32 Å². The first-order valence-electron chi connectivity index (χ1n) is 6.83. The van der Waals surface area contributed by atoms with Gasteiger partial charge in [0.1, 0.15) is 5.82 Å². The monoisotopic (exact) mass is 314 g/mol. The molecule has 0 unspecified atom stereocenters. The van der Waals surface area contributed by atoms with Crippen LogP contribution >= 0.6 is 0 Å². The normalized spacial score (nSPS) is 15.2. The Morgan fingerprint density at radius 2 is 1.95 bits per heavy atom. The molecule has 1 amide bonds. The first-order chi connectivity index (χ1) is 9.86. The number of carbonyl (C=O) groups is 1. The summed E-state index contributed by atoms with van der Waals surface area (Å²) in [6.45, 7) is 0.649. The molecule has 1 saturated carbocycles. The van der Waals surface area contributed by atoms with Crippen LogP contribution in [0.25, 0.3) is 0 Å². The maximum atomic E-state index is 12.9. The number of sulfonamides is 1. The summed E-state index contributed by atoms with van der Waals surface area (Å²) in [5.74, 6) is -0.264. The van der Waals surface area contributed by atoms with Crippen molar-refractivity contribution in [1.82, 2.24) is 9.62 Å². The van der Waals surface area contributed by atoms with Crippen LogP contribution in [0.1, 0.15) is 18.4 Å². The lowest BCUT2D eigenvalue weighted by Crippen LogP contribution is -2.38. The maximum absolute atomic E-state index is 12.9. The number of hydrogen-bond donors (Lipinski definition) is 1. The van der Waals surface area contributed by atoms with Crippen LogP contribution in [0, 0.1) is 11.7 Å². The fourth-order valence-corrected chi connectivity index (χ4v) is 2.76. The van der Waals surface area contributed by atoms with Crippen molar-refractivity contribution in [2.45, 2.75) is 19.4 Å². The molecule has 21 heavy (non-hydrogen) atoms. The van der Waals surface area contributed by atoms with Crippen LogP contribution in [0.2, 0.25) is 0 Å². The predicted molar refractivity (Wildman–Crippen MR) is 77.4 cm³/mol. The highest BCUT2D eigenvalue weighted by atomic mass is 32.2. The fourth-order valence-electron chi connectivity index (χ4n) is 1.95. The molecule has 2 rings (SSSR count). The van der Waals surface area contributed by atoms with E-state index in [-0.39, 0.29) is 37.3 Å². The molecule has 116 valence electrons. The molecule has 7 heteroatoms. The second-order valence-electron chi connectivity index (χ2n) is 5.29. The van der Waals surface area contributed by atoms with Crippen molar-refractivity contribution in [3.05, 3.63) is 35.6 Å². The van der Waals surface area contributed by atoms with Crippen molar-refractivity contribution < 1.29 is 17.6 Å². The maximum Gasteiger partial charge on any atom is 0.223 e. The van der Waals surface area contributed by atoms with E-state index in [0.717, 1.165) is 19.1 Å². The molecule has 1 aliphatic carbocycles. The molecular weight excluding hydrogens is 295 g/mol. The Morgan fingerprint density at radius 1 is 1.33 bits per heavy atom. The van der Waals surface area contributed by atoms with E-state index >= 15 is 0 Å². The summed E-state index contributed by atoms with van der Waals surface area (Å²) >= 11 is 0. The van der Waals surface area contributed by atoms with E-state index in [1.165, 1.54) is 16.4 Å². The predicted octanol–water partition coefficient (Wildman–Crippen LogP) is 1.11. The summed E-state index contributed by atoms with van der Waals surface area (Å²) in [6, 6.07) is 5.70. The van der Waals surface area contributed by atoms with E-state index < -0.39 is 10.0 Å². The third kappa shape index (κ3) is 5.09. The van der Waals surface area contributed by atoms with Crippen LogP contribution in [-0.2, 0) is 21.4 Å². The number of nitrogens with one attached hydrogen (secondary N) is 1. The highest BCUT2D eigenvalue weighted by Crippen LogP contribution is 2.28. The van der Waals surface area contributed by atoms with Crippen molar-refractivity contribution in [3.8, 4) is 0 Å². The van der Waals surface area contributed by atoms with Crippen LogP contribution in [0.3, 0.4) is 0 Å². The molecule has 0 spiro atoms. The molecule has 1 fully saturated rings. The first kappa shape index (κ1) is 15.9. The van der Waals surface area contributed by atoms with E-state index in [0.29, 0.717) is 5.56 Å². The van der Waals surface area contributed by atoms with Gasteiger partial charge in [-0.1, -0.05) is 12.1 Å². The van der Waals surface area contributed by atoms with Gasteiger partial charge in [-0.25, -0.2) is 12.8 Å². The Kier molecular flexibility index (Phi) is 4.95. The van der Waals surface area contributed by atoms with E-state index in [9.17, 15) is 17.6 Å². The van der Waals surface area contributed by atoms with Crippen molar-refractivity contribution in [2.24, 2.45) is 5.92 Å². The van der Waals surface area contributed by atoms with Gasteiger partial charge in [0, 0.05) is 25.6 Å². The quantitative estimate of drug-likeness (QED) is 0.820. The number of carbonyl (C=O) groups excluding carboxylic acids is 1. The average molecular weight is 314 g/mol. The third-order valence-corrected chi connectivity index (χ3v) is 4.60. The highest BCUT2D eigenvalue weighted by Gasteiger charge is 2.29. The summed E-state index contributed by atoms with van der Waals surface area (Å²) in [5, 5.41) is 2.74. The van der Waals surface area contributed by atoms with Crippen LogP contribution in [0.5, 0.6) is 0 Å². The van der Waals surface area contributed by atoms with Gasteiger partial charge in [0.2, 0.25) is 15.9 Å². The Balaban J connectivity index is 1.91. The van der Waals surface area contributed by atoms with Crippen molar-refractivity contribution in [1.29, 1.82) is 0 Å². The minimum atomic E-state index is -3.39. The van der Waals surface area contributed by atoms with Crippen molar-refractivity contribution >= 4 is 15.9 Å². The number of amides is 1. The van der Waals surface area contributed by atoms with E-state index in [1.54, 1.807) is 12.1 Å². The van der Waals surface area contributed by atoms with Gasteiger partial charge in [0.25, 0.3) is 0 Å². The number of hydrogen-bond acceptors (Lipinski definition) is 3. The zero-order valence-electron chi connectivity index (χ0n) is 11.9. The topological polar surface area (TPSA) is 66.5 Å². The van der Waals surface area contributed by atoms with Gasteiger partial charge in [-0.2, -0.15) is 4.31 Å². The molecule has 0 aromatic heterocycles. The standard InChI is InChI=1S/C14H19FN2O3S/c1-21(19,20)17(9-8-16-14(18)12-4-5-12)10-11-2-6-13(15)7-3-11/h2-3,6-7,12H,4-5,8-10H2,1H3,(H,16,18). The molecule has 0 radical (unpaired) electrons. The van der Waals surface area contributed by atoms with E-state index in [1.807, 2.05) is 0 Å². The van der Waals surface area contributed by atoms with Crippen LogP contribution < -0.4 is 5.32 Å². The Hall–Kier alpha value is -1.47. The first-order valence-corrected chi connectivity index (χ1v) is 8.68. The van der Waals surface area contributed by atoms with Gasteiger partial charge in [-0.05, 0) is 30.5 Å². The molecule has 0 saturated heterocycles. The van der Waals surface area contributed by atoms with Gasteiger partial charge in [-0.3, -0.25) is 4.79 Å². The number of nitrogens with zero attached hydrogens (tertiary/aromatic N) is 1. The summed E-state index contributed by atoms with van der Waals surface area (Å²) < 4.78 is 37.7. The molecular formula is C14H19FN2O3S. The molecule has 0 heterocycles. The molecule has 0 atom stereocenters. The average Bonchev–Trinajstić information content (AvgIpc) is 3.23. The van der Waals surface area contributed by atoms with Gasteiger partial charge >= 0.3 is 0 Å². The lowest BCUT2D eigenvalue weighted by atomic mass is 10.2. The minimum absolute atomic E-state index is 0.00904. The lowest BCUT2D eigenvalue weighted by molar-refractivity contribution is -0.122. The van der Waals surface area contributed by atoms with Crippen LogP contribution in [-0.4, -0.2) is 38.0 Å². The Morgan fingerprint density at radius 3 is 2.48 bits per heavy atom. The molecule has 0 bridgehead atoms. The smallest absolute Gasteiger partial charge is 0.223 e. The lowest BCUT2D eigenvalue weighted by Gasteiger charge is -2.20. The summed E-state index contributed by atoms with van der Waals surface area (Å²) in [5.41, 5.74) is 0.704. The van der Waals surface area contributed by atoms with Gasteiger partial charge in [-0.15, -0.1) is 0 Å². The Bertz CT molecular complexity index is 597. The molecule has 0 aliphatic heterocycles. The van der Waals surface area contributed by atoms with Crippen LogP contribution in [0.4, 0.5) is 4.39 Å². The minimum Gasteiger partial charge on any atom is -0.355 e. The molecule has 1 N–H and O–H groups in total. The number of rotatable bonds is 7. The zero-order chi connectivity index (χ0) is 15.5. The zero-order valence-corrected chi connectivity index (χ0v) is 12.7. The number of benzene rings is 1. The summed E-state index contributed by atoms with van der Waals surface area (Å²) in [4.78, 5) is 11.5. The largest absolute Gasteiger partial charge is 0.355 e. The number of halogens is 1. The molecule has 1 aromatic carbocycles. The van der Waals surface area contributed by atoms with Gasteiger partial charge in [0.05, 0.1) is 6.26 Å². The Labute approximate surface area is 124 Å². The van der Waals surface area contributed by atoms with Crippen molar-refractivity contribution in [3.63, 3.8) is 0 Å². The molecule has 5 nitrogen and oxygen atoms in total. The highest BCUT2D eigenvalue weighted by molar-refractivity contribution is 7.88. The van der Waals surface area contributed by atoms with Gasteiger partial charge in [0.15, 0.2) is 0 Å². The third-order valence-electron chi connectivity index (χ3n) is 3.35. The van der Waals surface area contributed by atoms with Crippen LogP contribution in [0.15, 0.2) is 24.3 Å².